The zero-order chi connectivity index (χ0) is 20.2. The number of urea groups is 1. The number of halogens is 1. The molecule has 0 radical (unpaired) electrons. The number of aromatic nitrogens is 1. The molecule has 3 aromatic rings. The van der Waals surface area contributed by atoms with Crippen molar-refractivity contribution in [2.24, 2.45) is 0 Å². The maximum absolute atomic E-state index is 13.3. The number of rotatable bonds is 5. The fourth-order valence-corrected chi connectivity index (χ4v) is 4.12. The van der Waals surface area contributed by atoms with Crippen LogP contribution in [-0.4, -0.2) is 35.8 Å². The Morgan fingerprint density at radius 3 is 2.76 bits per heavy atom. The Labute approximate surface area is 175 Å². The van der Waals surface area contributed by atoms with E-state index in [1.54, 1.807) is 7.11 Å². The normalized spacial score (nSPS) is 15.4. The molecule has 1 aliphatic heterocycles. The lowest BCUT2D eigenvalue weighted by molar-refractivity contribution is 0.174. The van der Waals surface area contributed by atoms with Crippen molar-refractivity contribution in [3.05, 3.63) is 88.7 Å². The monoisotopic (exact) mass is 409 g/mol. The lowest BCUT2D eigenvalue weighted by Gasteiger charge is -2.31. The number of carbonyl (C=O) groups is 1. The number of fused-ring (bicyclic) bond motifs is 3. The zero-order valence-corrected chi connectivity index (χ0v) is 17.1. The van der Waals surface area contributed by atoms with Crippen LogP contribution >= 0.6 is 11.6 Å². The van der Waals surface area contributed by atoms with E-state index < -0.39 is 0 Å². The second-order valence-electron chi connectivity index (χ2n) is 7.06. The smallest absolute Gasteiger partial charge is 0.318 e. The molecule has 5 nitrogen and oxygen atoms in total. The first-order valence-corrected chi connectivity index (χ1v) is 10.1. The molecule has 4 rings (SSSR count). The molecule has 2 heterocycles. The number of carbonyl (C=O) groups excluding carboxylic acids is 1. The summed E-state index contributed by atoms with van der Waals surface area (Å²) in [6.45, 7) is 1.66. The summed E-state index contributed by atoms with van der Waals surface area (Å²) in [5.74, 6) is 0. The van der Waals surface area contributed by atoms with Crippen LogP contribution in [0.2, 0.25) is 5.02 Å². The molecule has 29 heavy (non-hydrogen) atoms. The van der Waals surface area contributed by atoms with Crippen LogP contribution in [0.25, 0.3) is 5.69 Å². The van der Waals surface area contributed by atoms with Crippen molar-refractivity contribution in [2.45, 2.75) is 19.0 Å². The predicted octanol–water partition coefficient (Wildman–Crippen LogP) is 4.78. The third-order valence-electron chi connectivity index (χ3n) is 5.23. The molecule has 1 aromatic heterocycles. The van der Waals surface area contributed by atoms with Gasteiger partial charge in [-0.15, -0.1) is 0 Å². The van der Waals surface area contributed by atoms with Crippen LogP contribution in [0.1, 0.15) is 29.3 Å². The highest BCUT2D eigenvalue weighted by Gasteiger charge is 2.33. The molecule has 0 unspecified atom stereocenters. The van der Waals surface area contributed by atoms with Crippen LogP contribution in [-0.2, 0) is 11.3 Å². The first-order chi connectivity index (χ1) is 14.2. The summed E-state index contributed by atoms with van der Waals surface area (Å²) in [5, 5.41) is 3.69. The molecule has 0 bridgehead atoms. The van der Waals surface area contributed by atoms with Gasteiger partial charge in [0.05, 0.1) is 17.9 Å². The highest BCUT2D eigenvalue weighted by molar-refractivity contribution is 6.31. The molecule has 150 valence electrons. The van der Waals surface area contributed by atoms with Gasteiger partial charge < -0.3 is 19.5 Å². The van der Waals surface area contributed by atoms with Crippen LogP contribution in [0, 0.1) is 0 Å². The van der Waals surface area contributed by atoms with E-state index in [9.17, 15) is 4.79 Å². The summed E-state index contributed by atoms with van der Waals surface area (Å²) in [5.41, 5.74) is 4.09. The molecule has 2 amide bonds. The number of hydrogen-bond acceptors (Lipinski definition) is 2. The van der Waals surface area contributed by atoms with Gasteiger partial charge in [0.1, 0.15) is 6.04 Å². The van der Waals surface area contributed by atoms with E-state index in [2.05, 4.69) is 28.1 Å². The number of benzene rings is 2. The van der Waals surface area contributed by atoms with Crippen molar-refractivity contribution >= 4 is 17.6 Å². The van der Waals surface area contributed by atoms with E-state index in [0.717, 1.165) is 28.9 Å². The Bertz CT molecular complexity index is 1000. The van der Waals surface area contributed by atoms with Crippen LogP contribution in [0.5, 0.6) is 0 Å². The largest absolute Gasteiger partial charge is 0.385 e. The molecule has 0 saturated carbocycles. The van der Waals surface area contributed by atoms with Crippen molar-refractivity contribution < 1.29 is 9.53 Å². The van der Waals surface area contributed by atoms with Gasteiger partial charge in [-0.1, -0.05) is 48.0 Å². The number of nitrogens with zero attached hydrogens (tertiary/aromatic N) is 2. The van der Waals surface area contributed by atoms with Gasteiger partial charge in [-0.05, 0) is 41.8 Å². The number of methoxy groups -OCH3 is 1. The highest BCUT2D eigenvalue weighted by Crippen LogP contribution is 2.38. The molecule has 6 heteroatoms. The summed E-state index contributed by atoms with van der Waals surface area (Å²) >= 11 is 6.59. The lowest BCUT2D eigenvalue weighted by Crippen LogP contribution is -2.42. The van der Waals surface area contributed by atoms with E-state index in [1.807, 2.05) is 53.6 Å². The molecule has 1 atom stereocenters. The Morgan fingerprint density at radius 1 is 1.14 bits per heavy atom. The summed E-state index contributed by atoms with van der Waals surface area (Å²) in [6, 6.07) is 19.6. The van der Waals surface area contributed by atoms with E-state index in [4.69, 9.17) is 16.3 Å². The Balaban J connectivity index is 1.79. The lowest BCUT2D eigenvalue weighted by atomic mass is 10.0. The Hall–Kier alpha value is -2.76. The van der Waals surface area contributed by atoms with Crippen molar-refractivity contribution in [3.8, 4) is 5.69 Å². The average molecular weight is 410 g/mol. The van der Waals surface area contributed by atoms with Crippen LogP contribution < -0.4 is 5.32 Å². The number of nitrogens with one attached hydrogen (secondary N) is 1. The minimum absolute atomic E-state index is 0.115. The standard InChI is InChI=1S/C23H24ClN3O2/c1-29-15-7-13-25-23(28)27-16-17-8-2-5-11-20(17)26-14-6-12-21(26)22(27)18-9-3-4-10-19(18)24/h2-6,8-12,14,22H,7,13,15-16H2,1H3,(H,25,28)/t22-/m0/s1. The topological polar surface area (TPSA) is 46.5 Å². The molecular weight excluding hydrogens is 386 g/mol. The number of hydrogen-bond donors (Lipinski definition) is 1. The first-order valence-electron chi connectivity index (χ1n) is 9.74. The van der Waals surface area contributed by atoms with Gasteiger partial charge in [0.2, 0.25) is 0 Å². The van der Waals surface area contributed by atoms with Crippen molar-refractivity contribution in [3.63, 3.8) is 0 Å². The van der Waals surface area contributed by atoms with Gasteiger partial charge in [-0.25, -0.2) is 4.79 Å². The third kappa shape index (κ3) is 3.88. The second kappa shape index (κ2) is 8.72. The molecule has 1 aliphatic rings. The van der Waals surface area contributed by atoms with E-state index in [-0.39, 0.29) is 12.1 Å². The molecule has 0 spiro atoms. The van der Waals surface area contributed by atoms with Crippen LogP contribution in [0.4, 0.5) is 4.79 Å². The van der Waals surface area contributed by atoms with Gasteiger partial charge in [0, 0.05) is 31.5 Å². The van der Waals surface area contributed by atoms with Gasteiger partial charge >= 0.3 is 6.03 Å². The highest BCUT2D eigenvalue weighted by atomic mass is 35.5. The maximum Gasteiger partial charge on any atom is 0.318 e. The Kier molecular flexibility index (Phi) is 5.88. The molecule has 0 fully saturated rings. The van der Waals surface area contributed by atoms with Crippen molar-refractivity contribution in [1.82, 2.24) is 14.8 Å². The zero-order valence-electron chi connectivity index (χ0n) is 16.3. The summed E-state index contributed by atoms with van der Waals surface area (Å²) < 4.78 is 7.25. The quantitative estimate of drug-likeness (QED) is 0.616. The van der Waals surface area contributed by atoms with Gasteiger partial charge in [-0.2, -0.15) is 0 Å². The molecular formula is C23H24ClN3O2. The SMILES string of the molecule is COCCCNC(=O)N1Cc2ccccc2-n2cccc2[C@@H]1c1ccccc1Cl. The van der Waals surface area contributed by atoms with Crippen LogP contribution in [0.15, 0.2) is 66.9 Å². The van der Waals surface area contributed by atoms with Gasteiger partial charge in [0.15, 0.2) is 0 Å². The molecule has 0 saturated heterocycles. The van der Waals surface area contributed by atoms with Crippen molar-refractivity contribution in [2.75, 3.05) is 20.3 Å². The first kappa shape index (κ1) is 19.6. The fourth-order valence-electron chi connectivity index (χ4n) is 3.88. The Morgan fingerprint density at radius 2 is 1.93 bits per heavy atom. The fraction of sp³-hybridized carbons (Fsp3) is 0.261. The predicted molar refractivity (Wildman–Crippen MR) is 114 cm³/mol. The summed E-state index contributed by atoms with van der Waals surface area (Å²) in [7, 11) is 1.66. The van der Waals surface area contributed by atoms with Gasteiger partial charge in [-0.3, -0.25) is 0 Å². The second-order valence-corrected chi connectivity index (χ2v) is 7.47. The van der Waals surface area contributed by atoms with Crippen molar-refractivity contribution in [1.29, 1.82) is 0 Å². The minimum atomic E-state index is -0.298. The third-order valence-corrected chi connectivity index (χ3v) is 5.57. The van der Waals surface area contributed by atoms with E-state index in [1.165, 1.54) is 0 Å². The number of amides is 2. The average Bonchev–Trinajstić information content (AvgIpc) is 3.16. The van der Waals surface area contributed by atoms with Crippen LogP contribution in [0.3, 0.4) is 0 Å². The van der Waals surface area contributed by atoms with E-state index >= 15 is 0 Å². The van der Waals surface area contributed by atoms with Gasteiger partial charge in [0.25, 0.3) is 0 Å². The number of ether oxygens (including phenoxy) is 1. The number of para-hydroxylation sites is 1. The molecule has 2 aromatic carbocycles. The summed E-state index contributed by atoms with van der Waals surface area (Å²) in [6.07, 6.45) is 2.80. The maximum atomic E-state index is 13.3. The minimum Gasteiger partial charge on any atom is -0.385 e. The van der Waals surface area contributed by atoms with E-state index in [0.29, 0.717) is 24.7 Å². The molecule has 0 aliphatic carbocycles. The summed E-state index contributed by atoms with van der Waals surface area (Å²) in [4.78, 5) is 15.1. The molecule has 1 N–H and O–H groups in total.